The molecule has 3 rings (SSSR count). The summed E-state index contributed by atoms with van der Waals surface area (Å²) in [7, 11) is 1.56. The van der Waals surface area contributed by atoms with Gasteiger partial charge in [0.15, 0.2) is 0 Å². The average molecular weight is 337 g/mol. The molecule has 1 aromatic heterocycles. The summed E-state index contributed by atoms with van der Waals surface area (Å²) in [6.07, 6.45) is 0.705. The molecule has 1 N–H and O–H groups in total. The highest BCUT2D eigenvalue weighted by Crippen LogP contribution is 2.29. The maximum atomic E-state index is 12.7. The lowest BCUT2D eigenvalue weighted by molar-refractivity contribution is 0.0508. The maximum Gasteiger partial charge on any atom is 0.339 e. The van der Waals surface area contributed by atoms with Gasteiger partial charge in [-0.1, -0.05) is 37.3 Å². The van der Waals surface area contributed by atoms with Crippen LogP contribution in [0.15, 0.2) is 53.3 Å². The van der Waals surface area contributed by atoms with Crippen LogP contribution in [-0.4, -0.2) is 24.7 Å². The second-order valence-electron chi connectivity index (χ2n) is 5.62. The van der Waals surface area contributed by atoms with Crippen molar-refractivity contribution in [3.63, 3.8) is 0 Å². The monoisotopic (exact) mass is 337 g/mol. The summed E-state index contributed by atoms with van der Waals surface area (Å²) in [6.45, 7) is 2.22. The van der Waals surface area contributed by atoms with Crippen molar-refractivity contribution >= 4 is 16.9 Å². The lowest BCUT2D eigenvalue weighted by Crippen LogP contribution is -2.18. The van der Waals surface area contributed by atoms with Gasteiger partial charge in [-0.05, 0) is 30.2 Å². The molecule has 0 aliphatic heterocycles. The van der Waals surface area contributed by atoms with E-state index in [2.05, 4.69) is 4.98 Å². The van der Waals surface area contributed by atoms with E-state index in [4.69, 9.17) is 9.47 Å². The summed E-state index contributed by atoms with van der Waals surface area (Å²) in [4.78, 5) is 28.3. The third-order valence-corrected chi connectivity index (χ3v) is 3.93. The van der Waals surface area contributed by atoms with E-state index < -0.39 is 5.97 Å². The zero-order valence-electron chi connectivity index (χ0n) is 14.2. The fraction of sp³-hybridized carbons (Fsp3) is 0.200. The van der Waals surface area contributed by atoms with Crippen LogP contribution in [0.2, 0.25) is 0 Å². The van der Waals surface area contributed by atoms with Crippen LogP contribution >= 0.6 is 0 Å². The first kappa shape index (κ1) is 16.8. The van der Waals surface area contributed by atoms with E-state index in [9.17, 15) is 9.59 Å². The first-order valence-electron chi connectivity index (χ1n) is 8.12. The number of carbonyl (C=O) groups excluding carboxylic acids is 1. The first-order chi connectivity index (χ1) is 12.2. The zero-order chi connectivity index (χ0) is 17.8. The van der Waals surface area contributed by atoms with Crippen molar-refractivity contribution in [2.45, 2.75) is 13.3 Å². The fourth-order valence-electron chi connectivity index (χ4n) is 2.76. The van der Waals surface area contributed by atoms with Crippen molar-refractivity contribution in [3.8, 4) is 16.9 Å². The van der Waals surface area contributed by atoms with Gasteiger partial charge in [0.05, 0.1) is 24.8 Å². The average Bonchev–Trinajstić information content (AvgIpc) is 2.65. The Labute approximate surface area is 145 Å². The number of nitrogens with one attached hydrogen (secondary N) is 1. The Kier molecular flexibility index (Phi) is 4.84. The number of methoxy groups -OCH3 is 1. The Bertz CT molecular complexity index is 961. The highest BCUT2D eigenvalue weighted by molar-refractivity contribution is 6.09. The topological polar surface area (TPSA) is 68.4 Å². The lowest BCUT2D eigenvalue weighted by Gasteiger charge is -2.13. The molecule has 0 aliphatic rings. The second kappa shape index (κ2) is 7.21. The predicted octanol–water partition coefficient (Wildman–Crippen LogP) is 3.77. The third kappa shape index (κ3) is 3.26. The number of hydrogen-bond donors (Lipinski definition) is 1. The van der Waals surface area contributed by atoms with Gasteiger partial charge in [-0.2, -0.15) is 0 Å². The second-order valence-corrected chi connectivity index (χ2v) is 5.62. The van der Waals surface area contributed by atoms with Crippen molar-refractivity contribution < 1.29 is 14.3 Å². The first-order valence-corrected chi connectivity index (χ1v) is 8.12. The molecule has 5 nitrogen and oxygen atoms in total. The van der Waals surface area contributed by atoms with Gasteiger partial charge in [-0.3, -0.25) is 4.79 Å². The fourth-order valence-corrected chi connectivity index (χ4v) is 2.76. The third-order valence-electron chi connectivity index (χ3n) is 3.93. The summed E-state index contributed by atoms with van der Waals surface area (Å²) in [5, 5.41) is 0.596. The van der Waals surface area contributed by atoms with Gasteiger partial charge < -0.3 is 14.5 Å². The quantitative estimate of drug-likeness (QED) is 0.720. The predicted molar refractivity (Wildman–Crippen MR) is 97.1 cm³/mol. The molecule has 0 radical (unpaired) electrons. The number of aromatic nitrogens is 1. The molecule has 0 unspecified atom stereocenters. The number of H-pyrrole nitrogens is 1. The minimum atomic E-state index is -0.509. The van der Waals surface area contributed by atoms with E-state index in [0.717, 1.165) is 0 Å². The molecule has 0 atom stereocenters. The minimum Gasteiger partial charge on any atom is -0.497 e. The molecule has 0 bridgehead atoms. The minimum absolute atomic E-state index is 0.261. The zero-order valence-corrected chi connectivity index (χ0v) is 14.2. The number of esters is 1. The Morgan fingerprint density at radius 2 is 1.88 bits per heavy atom. The Morgan fingerprint density at radius 3 is 2.56 bits per heavy atom. The van der Waals surface area contributed by atoms with Gasteiger partial charge in [0, 0.05) is 10.9 Å². The summed E-state index contributed by atoms with van der Waals surface area (Å²) >= 11 is 0. The molecule has 0 saturated heterocycles. The number of ether oxygens (including phenoxy) is 2. The van der Waals surface area contributed by atoms with E-state index in [1.54, 1.807) is 37.4 Å². The summed E-state index contributed by atoms with van der Waals surface area (Å²) < 4.78 is 10.6. The number of benzene rings is 2. The van der Waals surface area contributed by atoms with Crippen molar-refractivity contribution in [3.05, 3.63) is 64.4 Å². The molecule has 2 aromatic carbocycles. The van der Waals surface area contributed by atoms with Gasteiger partial charge in [0.1, 0.15) is 5.75 Å². The van der Waals surface area contributed by atoms with Crippen molar-refractivity contribution in [2.75, 3.05) is 13.7 Å². The van der Waals surface area contributed by atoms with Crippen molar-refractivity contribution in [1.29, 1.82) is 0 Å². The Morgan fingerprint density at radius 1 is 1.12 bits per heavy atom. The number of carbonyl (C=O) groups is 1. The molecular weight excluding hydrogens is 318 g/mol. The van der Waals surface area contributed by atoms with Crippen LogP contribution in [0, 0.1) is 0 Å². The molecule has 0 saturated carbocycles. The molecule has 1 heterocycles. The highest BCUT2D eigenvalue weighted by Gasteiger charge is 2.22. The maximum absolute atomic E-state index is 12.7. The molecule has 0 aliphatic carbocycles. The largest absolute Gasteiger partial charge is 0.497 e. The normalized spacial score (nSPS) is 10.6. The Hall–Kier alpha value is -3.08. The summed E-state index contributed by atoms with van der Waals surface area (Å²) in [5.74, 6) is 0.0909. The number of aromatic amines is 1. The molecule has 25 heavy (non-hydrogen) atoms. The van der Waals surface area contributed by atoms with Crippen LogP contribution < -0.4 is 10.3 Å². The smallest absolute Gasteiger partial charge is 0.339 e. The van der Waals surface area contributed by atoms with E-state index in [1.165, 1.54) is 0 Å². The van der Waals surface area contributed by atoms with Crippen LogP contribution in [0.25, 0.3) is 22.0 Å². The van der Waals surface area contributed by atoms with E-state index in [1.807, 2.05) is 25.1 Å². The molecule has 128 valence electrons. The summed E-state index contributed by atoms with van der Waals surface area (Å²) in [5.41, 5.74) is 1.47. The van der Waals surface area contributed by atoms with Crippen LogP contribution in [0.3, 0.4) is 0 Å². The lowest BCUT2D eigenvalue weighted by atomic mass is 9.97. The Balaban J connectivity index is 2.34. The van der Waals surface area contributed by atoms with E-state index in [0.29, 0.717) is 40.8 Å². The molecule has 0 fully saturated rings. The van der Waals surface area contributed by atoms with E-state index in [-0.39, 0.29) is 11.1 Å². The number of pyridine rings is 1. The van der Waals surface area contributed by atoms with Crippen molar-refractivity contribution in [1.82, 2.24) is 4.98 Å². The van der Waals surface area contributed by atoms with Gasteiger partial charge in [0.25, 0.3) is 5.56 Å². The van der Waals surface area contributed by atoms with Gasteiger partial charge in [-0.25, -0.2) is 4.79 Å². The summed E-state index contributed by atoms with van der Waals surface area (Å²) in [6, 6.07) is 14.3. The van der Waals surface area contributed by atoms with Crippen LogP contribution in [0.4, 0.5) is 0 Å². The SMILES string of the molecule is CCCOC(=O)c1c(-c2ccccc2)c(=O)[nH]c2ccc(OC)cc12. The molecule has 0 spiro atoms. The number of rotatable bonds is 5. The molecular formula is C20H19NO4. The van der Waals surface area contributed by atoms with Crippen LogP contribution in [0.5, 0.6) is 5.75 Å². The molecule has 3 aromatic rings. The number of fused-ring (bicyclic) bond motifs is 1. The van der Waals surface area contributed by atoms with Crippen molar-refractivity contribution in [2.24, 2.45) is 0 Å². The van der Waals surface area contributed by atoms with Crippen LogP contribution in [-0.2, 0) is 4.74 Å². The highest BCUT2D eigenvalue weighted by atomic mass is 16.5. The number of hydrogen-bond acceptors (Lipinski definition) is 4. The van der Waals surface area contributed by atoms with Gasteiger partial charge >= 0.3 is 5.97 Å². The standard InChI is InChI=1S/C20H19NO4/c1-3-11-25-20(23)18-15-12-14(24-2)9-10-16(15)21-19(22)17(18)13-7-5-4-6-8-13/h4-10,12H,3,11H2,1-2H3,(H,21,22). The van der Waals surface area contributed by atoms with Crippen LogP contribution in [0.1, 0.15) is 23.7 Å². The molecule has 0 amide bonds. The van der Waals surface area contributed by atoms with E-state index >= 15 is 0 Å². The van der Waals surface area contributed by atoms with Gasteiger partial charge in [0.2, 0.25) is 0 Å². The van der Waals surface area contributed by atoms with Gasteiger partial charge in [-0.15, -0.1) is 0 Å². The molecule has 5 heteroatoms.